The highest BCUT2D eigenvalue weighted by atomic mass is 35.5. The maximum absolute atomic E-state index is 11.2. The van der Waals surface area contributed by atoms with Gasteiger partial charge in [0, 0.05) is 0 Å². The van der Waals surface area contributed by atoms with Gasteiger partial charge in [-0.1, -0.05) is 17.7 Å². The van der Waals surface area contributed by atoms with Gasteiger partial charge in [0.25, 0.3) is 0 Å². The number of halogens is 1. The normalized spacial score (nSPS) is 9.53. The largest absolute Gasteiger partial charge is 0.513 e. The molecule has 0 fully saturated rings. The molecular formula is C11H12ClNO4. The van der Waals surface area contributed by atoms with Crippen LogP contribution < -0.4 is 10.1 Å². The summed E-state index contributed by atoms with van der Waals surface area (Å²) in [4.78, 5) is 21.4. The zero-order valence-corrected chi connectivity index (χ0v) is 9.99. The van der Waals surface area contributed by atoms with E-state index in [1.165, 1.54) is 0 Å². The van der Waals surface area contributed by atoms with Crippen LogP contribution in [0.1, 0.15) is 5.56 Å². The molecule has 5 nitrogen and oxygen atoms in total. The average Bonchev–Trinajstić information content (AvgIpc) is 2.27. The molecule has 1 aromatic carbocycles. The van der Waals surface area contributed by atoms with Gasteiger partial charge in [-0.2, -0.15) is 0 Å². The van der Waals surface area contributed by atoms with Crippen molar-refractivity contribution in [1.82, 2.24) is 5.32 Å². The molecular weight excluding hydrogens is 246 g/mol. The minimum Gasteiger partial charge on any atom is -0.432 e. The van der Waals surface area contributed by atoms with Crippen molar-refractivity contribution < 1.29 is 19.1 Å². The summed E-state index contributed by atoms with van der Waals surface area (Å²) in [5.74, 6) is 0.405. The molecule has 1 amide bonds. The number of carbonyl (C=O) groups is 2. The van der Waals surface area contributed by atoms with Crippen molar-refractivity contribution in [3.63, 3.8) is 0 Å². The van der Waals surface area contributed by atoms with E-state index in [0.29, 0.717) is 5.75 Å². The Hall–Kier alpha value is -1.75. The van der Waals surface area contributed by atoms with Gasteiger partial charge in [-0.05, 0) is 30.7 Å². The number of aryl methyl sites for hydroxylation is 1. The fraction of sp³-hybridized carbons (Fsp3) is 0.273. The molecule has 1 N–H and O–H groups in total. The van der Waals surface area contributed by atoms with Crippen LogP contribution in [0, 0.1) is 6.92 Å². The molecule has 0 aromatic heterocycles. The van der Waals surface area contributed by atoms with Gasteiger partial charge in [0.1, 0.15) is 12.4 Å². The fourth-order valence-corrected chi connectivity index (χ4v) is 1.11. The van der Waals surface area contributed by atoms with Crippen LogP contribution in [0.4, 0.5) is 9.59 Å². The predicted octanol–water partition coefficient (Wildman–Crippen LogP) is 2.46. The van der Waals surface area contributed by atoms with Gasteiger partial charge >= 0.3 is 11.5 Å². The molecule has 1 rings (SSSR count). The fourth-order valence-electron chi connectivity index (χ4n) is 1.02. The highest BCUT2D eigenvalue weighted by Gasteiger charge is 2.05. The lowest BCUT2D eigenvalue weighted by atomic mass is 10.2. The number of amides is 1. The lowest BCUT2D eigenvalue weighted by Crippen LogP contribution is -2.24. The highest BCUT2D eigenvalue weighted by Crippen LogP contribution is 2.11. The first-order valence-corrected chi connectivity index (χ1v) is 5.30. The lowest BCUT2D eigenvalue weighted by Gasteiger charge is -2.05. The Morgan fingerprint density at radius 2 is 1.94 bits per heavy atom. The first-order chi connectivity index (χ1) is 8.08. The van der Waals surface area contributed by atoms with E-state index in [-0.39, 0.29) is 13.2 Å². The van der Waals surface area contributed by atoms with E-state index in [9.17, 15) is 9.59 Å². The first-order valence-electron chi connectivity index (χ1n) is 4.92. The van der Waals surface area contributed by atoms with Crippen molar-refractivity contribution in [2.24, 2.45) is 0 Å². The van der Waals surface area contributed by atoms with Gasteiger partial charge < -0.3 is 14.8 Å². The number of hydrogen-bond acceptors (Lipinski definition) is 4. The monoisotopic (exact) mass is 257 g/mol. The second-order valence-electron chi connectivity index (χ2n) is 3.21. The number of carbonyl (C=O) groups excluding carboxylic acids is 2. The summed E-state index contributed by atoms with van der Waals surface area (Å²) in [5, 5.41) is 1.57. The quantitative estimate of drug-likeness (QED) is 0.296. The Morgan fingerprint density at radius 3 is 2.53 bits per heavy atom. The summed E-state index contributed by atoms with van der Waals surface area (Å²) >= 11 is 5.02. The molecule has 0 aliphatic rings. The van der Waals surface area contributed by atoms with Crippen LogP contribution in [0.2, 0.25) is 0 Å². The highest BCUT2D eigenvalue weighted by molar-refractivity contribution is 6.62. The number of hydrogen-bond donors (Lipinski definition) is 1. The molecule has 0 saturated heterocycles. The van der Waals surface area contributed by atoms with E-state index in [1.54, 1.807) is 12.1 Å². The molecule has 0 saturated carbocycles. The third-order valence-electron chi connectivity index (χ3n) is 1.81. The van der Waals surface area contributed by atoms with Gasteiger partial charge in [-0.3, -0.25) is 4.79 Å². The number of rotatable bonds is 4. The van der Waals surface area contributed by atoms with Crippen molar-refractivity contribution in [3.05, 3.63) is 29.8 Å². The van der Waals surface area contributed by atoms with Crippen LogP contribution in [-0.2, 0) is 4.74 Å². The molecule has 0 spiro atoms. The van der Waals surface area contributed by atoms with Gasteiger partial charge in [0.15, 0.2) is 0 Å². The van der Waals surface area contributed by atoms with Crippen molar-refractivity contribution >= 4 is 23.1 Å². The van der Waals surface area contributed by atoms with Crippen LogP contribution in [0.25, 0.3) is 0 Å². The van der Waals surface area contributed by atoms with Gasteiger partial charge in [0.2, 0.25) is 0 Å². The summed E-state index contributed by atoms with van der Waals surface area (Å²) < 4.78 is 9.56. The van der Waals surface area contributed by atoms with Crippen molar-refractivity contribution in [2.45, 2.75) is 6.92 Å². The van der Waals surface area contributed by atoms with Crippen LogP contribution in [-0.4, -0.2) is 24.7 Å². The summed E-state index contributed by atoms with van der Waals surface area (Å²) in [6, 6.07) is 6.96. The van der Waals surface area contributed by atoms with E-state index in [4.69, 9.17) is 21.1 Å². The summed E-state index contributed by atoms with van der Waals surface area (Å²) in [6.07, 6.45) is -0.822. The summed E-state index contributed by atoms with van der Waals surface area (Å²) in [5.41, 5.74) is 1.07. The lowest BCUT2D eigenvalue weighted by molar-refractivity contribution is 0.100. The summed E-state index contributed by atoms with van der Waals surface area (Å²) in [7, 11) is 0. The molecule has 0 atom stereocenters. The standard InChI is InChI=1S/C11H12ClNO4/c1-8-2-4-9(5-3-8)17-11(15)16-7-6-13-10(12)14/h2-5H,6-7H2,1H3,(H,13,14). The second-order valence-corrected chi connectivity index (χ2v) is 3.56. The second kappa shape index (κ2) is 6.75. The SMILES string of the molecule is Cc1ccc(OC(=O)OCCNC(=O)Cl)cc1. The topological polar surface area (TPSA) is 64.6 Å². The van der Waals surface area contributed by atoms with Crippen molar-refractivity contribution in [1.29, 1.82) is 0 Å². The Kier molecular flexibility index (Phi) is 5.29. The minimum absolute atomic E-state index is 0.00313. The molecule has 1 aromatic rings. The maximum atomic E-state index is 11.2. The van der Waals surface area contributed by atoms with E-state index in [2.05, 4.69) is 5.32 Å². The van der Waals surface area contributed by atoms with Crippen LogP contribution in [0.3, 0.4) is 0 Å². The molecule has 17 heavy (non-hydrogen) atoms. The Labute approximate surface area is 104 Å². The third-order valence-corrected chi connectivity index (χ3v) is 1.94. The van der Waals surface area contributed by atoms with E-state index >= 15 is 0 Å². The predicted molar refractivity (Wildman–Crippen MR) is 62.4 cm³/mol. The average molecular weight is 258 g/mol. The Balaban J connectivity index is 2.25. The van der Waals surface area contributed by atoms with Crippen LogP contribution in [0.15, 0.2) is 24.3 Å². The maximum Gasteiger partial charge on any atom is 0.513 e. The number of benzene rings is 1. The molecule has 0 bridgehead atoms. The Morgan fingerprint density at radius 1 is 1.29 bits per heavy atom. The third kappa shape index (κ3) is 5.77. The van der Waals surface area contributed by atoms with Gasteiger partial charge in [-0.15, -0.1) is 0 Å². The molecule has 0 unspecified atom stereocenters. The molecule has 6 heteroatoms. The van der Waals surface area contributed by atoms with Crippen LogP contribution >= 0.6 is 11.6 Å². The van der Waals surface area contributed by atoms with Gasteiger partial charge in [-0.25, -0.2) is 4.79 Å². The smallest absolute Gasteiger partial charge is 0.432 e. The number of nitrogens with one attached hydrogen (secondary N) is 1. The van der Waals surface area contributed by atoms with E-state index in [1.807, 2.05) is 19.1 Å². The molecule has 92 valence electrons. The van der Waals surface area contributed by atoms with Crippen LogP contribution in [0.5, 0.6) is 5.75 Å². The summed E-state index contributed by atoms with van der Waals surface area (Å²) in [6.45, 7) is 2.07. The minimum atomic E-state index is -0.822. The molecule has 0 radical (unpaired) electrons. The molecule has 0 heterocycles. The zero-order valence-electron chi connectivity index (χ0n) is 9.23. The number of ether oxygens (including phenoxy) is 2. The zero-order chi connectivity index (χ0) is 12.7. The molecule has 0 aliphatic carbocycles. The Bertz CT molecular complexity index is 391. The first kappa shape index (κ1) is 13.3. The van der Waals surface area contributed by atoms with Gasteiger partial charge in [0.05, 0.1) is 6.54 Å². The van der Waals surface area contributed by atoms with Crippen molar-refractivity contribution in [3.8, 4) is 5.75 Å². The van der Waals surface area contributed by atoms with Crippen molar-refractivity contribution in [2.75, 3.05) is 13.2 Å². The van der Waals surface area contributed by atoms with E-state index in [0.717, 1.165) is 5.56 Å². The van der Waals surface area contributed by atoms with E-state index < -0.39 is 11.5 Å². The molecule has 0 aliphatic heterocycles.